The molecule has 1 saturated carbocycles. The molecular weight excluding hydrogens is 338 g/mol. The molecule has 1 amide bonds. The topological polar surface area (TPSA) is 83.7 Å². The van der Waals surface area contributed by atoms with Crippen molar-refractivity contribution in [2.24, 2.45) is 5.73 Å². The summed E-state index contributed by atoms with van der Waals surface area (Å²) in [6.45, 7) is 2.37. The van der Waals surface area contributed by atoms with Gasteiger partial charge in [-0.15, -0.1) is 0 Å². The number of benzene rings is 1. The molecule has 0 bridgehead atoms. The van der Waals surface area contributed by atoms with E-state index in [1.165, 1.54) is 4.31 Å². The Kier molecular flexibility index (Phi) is 5.06. The minimum Gasteiger partial charge on any atom is -0.339 e. The van der Waals surface area contributed by atoms with E-state index in [2.05, 4.69) is 0 Å². The number of hydrogen-bond acceptors (Lipinski definition) is 4. The molecule has 1 heterocycles. The number of hydrogen-bond donors (Lipinski definition) is 1. The van der Waals surface area contributed by atoms with E-state index < -0.39 is 10.0 Å². The monoisotopic (exact) mass is 365 g/mol. The number of aryl methyl sites for hydroxylation is 1. The number of carbonyl (C=O) groups is 1. The minimum absolute atomic E-state index is 0.0144. The van der Waals surface area contributed by atoms with Gasteiger partial charge in [0.25, 0.3) is 5.91 Å². The summed E-state index contributed by atoms with van der Waals surface area (Å²) in [5.41, 5.74) is 8.05. The lowest BCUT2D eigenvalue weighted by Crippen LogP contribution is -2.41. The molecule has 0 atom stereocenters. The largest absolute Gasteiger partial charge is 0.339 e. The summed E-state index contributed by atoms with van der Waals surface area (Å²) in [6, 6.07) is 5.78. The highest BCUT2D eigenvalue weighted by Gasteiger charge is 2.30. The molecule has 1 saturated heterocycles. The summed E-state index contributed by atoms with van der Waals surface area (Å²) in [5, 5.41) is 0. The Labute approximate surface area is 150 Å². The van der Waals surface area contributed by atoms with Crippen LogP contribution in [0.3, 0.4) is 0 Å². The Morgan fingerprint density at radius 3 is 2.48 bits per heavy atom. The zero-order valence-electron chi connectivity index (χ0n) is 14.9. The Bertz CT molecular complexity index is 755. The average Bonchev–Trinajstić information content (AvgIpc) is 2.93. The van der Waals surface area contributed by atoms with Crippen molar-refractivity contribution < 1.29 is 13.2 Å². The van der Waals surface area contributed by atoms with Crippen LogP contribution < -0.4 is 10.0 Å². The van der Waals surface area contributed by atoms with Crippen LogP contribution in [-0.2, 0) is 10.0 Å². The molecule has 2 fully saturated rings. The summed E-state index contributed by atoms with van der Waals surface area (Å²) in [7, 11) is -1.36. The highest BCUT2D eigenvalue weighted by molar-refractivity contribution is 7.93. The highest BCUT2D eigenvalue weighted by Crippen LogP contribution is 2.29. The summed E-state index contributed by atoms with van der Waals surface area (Å²) in [4.78, 5) is 14.6. The molecule has 2 N–H and O–H groups in total. The van der Waals surface area contributed by atoms with Crippen molar-refractivity contribution in [3.05, 3.63) is 29.3 Å². The van der Waals surface area contributed by atoms with Crippen molar-refractivity contribution in [3.63, 3.8) is 0 Å². The standard InChI is InChI=1S/C18H27N3O3S/c1-13-12-14(4-9-17(13)21-10-3-11-25(21,23)24)18(22)20(2)16-7-5-15(19)6-8-16/h4,9,12,15-16H,3,5-8,10-11,19H2,1-2H3. The minimum atomic E-state index is -3.21. The molecule has 2 aliphatic rings. The van der Waals surface area contributed by atoms with Crippen LogP contribution in [0.25, 0.3) is 0 Å². The van der Waals surface area contributed by atoms with Crippen molar-refractivity contribution >= 4 is 21.6 Å². The second-order valence-corrected chi connectivity index (χ2v) is 9.24. The Balaban J connectivity index is 1.77. The third-order valence-electron chi connectivity index (χ3n) is 5.42. The van der Waals surface area contributed by atoms with E-state index in [4.69, 9.17) is 5.73 Å². The van der Waals surface area contributed by atoms with Gasteiger partial charge in [-0.25, -0.2) is 8.42 Å². The molecule has 1 aliphatic carbocycles. The SMILES string of the molecule is Cc1cc(C(=O)N(C)C2CCC(N)CC2)ccc1N1CCCS1(=O)=O. The van der Waals surface area contributed by atoms with Gasteiger partial charge in [0.05, 0.1) is 11.4 Å². The van der Waals surface area contributed by atoms with Gasteiger partial charge in [0.1, 0.15) is 0 Å². The quantitative estimate of drug-likeness (QED) is 0.886. The van der Waals surface area contributed by atoms with Crippen LogP contribution in [0.5, 0.6) is 0 Å². The van der Waals surface area contributed by atoms with Crippen LogP contribution >= 0.6 is 0 Å². The Morgan fingerprint density at radius 1 is 1.24 bits per heavy atom. The fourth-order valence-electron chi connectivity index (χ4n) is 3.84. The first-order chi connectivity index (χ1) is 11.8. The molecule has 1 aromatic carbocycles. The second kappa shape index (κ2) is 6.96. The normalized spacial score (nSPS) is 25.8. The summed E-state index contributed by atoms with van der Waals surface area (Å²) < 4.78 is 25.7. The van der Waals surface area contributed by atoms with Crippen LogP contribution in [0.15, 0.2) is 18.2 Å². The van der Waals surface area contributed by atoms with Gasteiger partial charge < -0.3 is 10.6 Å². The molecule has 1 aliphatic heterocycles. The van der Waals surface area contributed by atoms with E-state index in [1.807, 2.05) is 18.9 Å². The third-order valence-corrected chi connectivity index (χ3v) is 7.28. The van der Waals surface area contributed by atoms with Crippen LogP contribution in [0, 0.1) is 6.92 Å². The zero-order valence-corrected chi connectivity index (χ0v) is 15.8. The fourth-order valence-corrected chi connectivity index (χ4v) is 5.46. The van der Waals surface area contributed by atoms with E-state index in [9.17, 15) is 13.2 Å². The van der Waals surface area contributed by atoms with Crippen LogP contribution in [0.2, 0.25) is 0 Å². The van der Waals surface area contributed by atoms with E-state index in [0.29, 0.717) is 24.2 Å². The number of nitrogens with two attached hydrogens (primary N) is 1. The lowest BCUT2D eigenvalue weighted by Gasteiger charge is -2.33. The van der Waals surface area contributed by atoms with Gasteiger partial charge >= 0.3 is 0 Å². The van der Waals surface area contributed by atoms with Gasteiger partial charge in [0.15, 0.2) is 0 Å². The summed E-state index contributed by atoms with van der Waals surface area (Å²) in [5.74, 6) is 0.180. The molecule has 0 spiro atoms. The highest BCUT2D eigenvalue weighted by atomic mass is 32.2. The Hall–Kier alpha value is -1.60. The molecule has 25 heavy (non-hydrogen) atoms. The van der Waals surface area contributed by atoms with E-state index in [1.54, 1.807) is 18.2 Å². The molecule has 0 unspecified atom stereocenters. The summed E-state index contributed by atoms with van der Waals surface area (Å²) >= 11 is 0. The molecule has 7 heteroatoms. The van der Waals surface area contributed by atoms with Crippen molar-refractivity contribution in [2.75, 3.05) is 23.7 Å². The molecular formula is C18H27N3O3S. The third kappa shape index (κ3) is 3.67. The number of anilines is 1. The van der Waals surface area contributed by atoms with E-state index in [-0.39, 0.29) is 23.7 Å². The van der Waals surface area contributed by atoms with Crippen molar-refractivity contribution in [3.8, 4) is 0 Å². The van der Waals surface area contributed by atoms with Gasteiger partial charge in [0.2, 0.25) is 10.0 Å². The lowest BCUT2D eigenvalue weighted by molar-refractivity contribution is 0.0690. The predicted molar refractivity (Wildman–Crippen MR) is 99.3 cm³/mol. The number of amides is 1. The van der Waals surface area contributed by atoms with E-state index >= 15 is 0 Å². The predicted octanol–water partition coefficient (Wildman–Crippen LogP) is 1.88. The average molecular weight is 365 g/mol. The van der Waals surface area contributed by atoms with Gasteiger partial charge in [-0.1, -0.05) is 0 Å². The zero-order chi connectivity index (χ0) is 18.2. The lowest BCUT2D eigenvalue weighted by atomic mass is 9.90. The molecule has 1 aromatic rings. The van der Waals surface area contributed by atoms with Crippen LogP contribution in [-0.4, -0.2) is 50.7 Å². The van der Waals surface area contributed by atoms with Crippen LogP contribution in [0.4, 0.5) is 5.69 Å². The number of carbonyl (C=O) groups excluding carboxylic acids is 1. The maximum absolute atomic E-state index is 12.8. The molecule has 3 rings (SSSR count). The number of sulfonamides is 1. The molecule has 138 valence electrons. The van der Waals surface area contributed by atoms with Crippen molar-refractivity contribution in [1.82, 2.24) is 4.90 Å². The second-order valence-electron chi connectivity index (χ2n) is 7.23. The first-order valence-electron chi connectivity index (χ1n) is 8.93. The van der Waals surface area contributed by atoms with Crippen LogP contribution in [0.1, 0.15) is 48.0 Å². The first-order valence-corrected chi connectivity index (χ1v) is 10.5. The number of rotatable bonds is 3. The van der Waals surface area contributed by atoms with Crippen molar-refractivity contribution in [2.45, 2.75) is 51.1 Å². The molecule has 0 aromatic heterocycles. The Morgan fingerprint density at radius 2 is 1.92 bits per heavy atom. The summed E-state index contributed by atoms with van der Waals surface area (Å²) in [6.07, 6.45) is 4.42. The fraction of sp³-hybridized carbons (Fsp3) is 0.611. The van der Waals surface area contributed by atoms with Gasteiger partial charge in [0, 0.05) is 31.2 Å². The number of nitrogens with zero attached hydrogens (tertiary/aromatic N) is 2. The van der Waals surface area contributed by atoms with Gasteiger partial charge in [-0.2, -0.15) is 0 Å². The van der Waals surface area contributed by atoms with Gasteiger partial charge in [-0.3, -0.25) is 9.10 Å². The first kappa shape index (κ1) is 18.2. The maximum atomic E-state index is 12.8. The molecule has 0 radical (unpaired) electrons. The molecule has 6 nitrogen and oxygen atoms in total. The smallest absolute Gasteiger partial charge is 0.253 e. The van der Waals surface area contributed by atoms with Crippen molar-refractivity contribution in [1.29, 1.82) is 0 Å². The van der Waals surface area contributed by atoms with Gasteiger partial charge in [-0.05, 0) is 62.8 Å². The maximum Gasteiger partial charge on any atom is 0.253 e. The van der Waals surface area contributed by atoms with E-state index in [0.717, 1.165) is 31.2 Å².